The van der Waals surface area contributed by atoms with Crippen molar-refractivity contribution in [1.82, 2.24) is 29.9 Å². The third kappa shape index (κ3) is 38.2. The molecule has 16 aromatic rings. The number of H-pyrrole nitrogens is 1. The average molecular weight is 2100 g/mol. The maximum absolute atomic E-state index is 14.1. The number of phenols is 3. The first-order valence-electron chi connectivity index (χ1n) is 41.5. The van der Waals surface area contributed by atoms with E-state index >= 15 is 0 Å². The maximum Gasteiger partial charge on any atom is 1.00 e. The molecule has 0 radical (unpaired) electrons. The van der Waals surface area contributed by atoms with Gasteiger partial charge in [0.1, 0.15) is 175 Å². The third-order valence-electron chi connectivity index (χ3n) is 18.4. The van der Waals surface area contributed by atoms with Gasteiger partial charge in [-0.15, -0.1) is 5.60 Å². The number of ether oxygens (including phenoxy) is 7. The first kappa shape index (κ1) is 110. The predicted octanol–water partition coefficient (Wildman–Crippen LogP) is 20.5. The fourth-order valence-electron chi connectivity index (χ4n) is 11.6. The SMILES string of the molecule is CC(C)(C)[O-].Cc1cccnc1COc1cc(C=O)cc(OCc2ccccc2F)c1.Cc1cccnc1COc1cc(OCc2ccccc2F)cc(-c2nc3ncc(Br)cc3[nH]2)c1.Fc1ccccc1CBr.Nc1cc(Br)cnc1N.O=Cc1cc(O)cc(O)c1.O=Cc1cc(O)cc(OCc2ccccc2F)c1.O=Cc1cc(OCc2ccccc2F)cc(OCc2ccccc2F)c1.[K+]. The average Bonchev–Trinajstić information content (AvgIpc) is 1.65. The van der Waals surface area contributed by atoms with Gasteiger partial charge in [0.25, 0.3) is 0 Å². The number of aryl methyl sites for hydroxylation is 2. The van der Waals surface area contributed by atoms with Crippen LogP contribution in [-0.4, -0.2) is 76.0 Å². The standard InChI is InChI=1S/C26H20BrFN4O2.C21H16F2O3.C21H18FNO3.C14H11FO3.C7H6BrF.C7H6O3.C5H6BrN3.C4H9O.K/c1-16-5-4-8-29-24(16)15-34-21-10-18(25-31-23-11-19(27)13-30-26(23)32-25)9-20(12-21)33-14-17-6-2-3-7-22(17)28;22-20-7-3-1-5-16(20)13-25-18-9-15(12-24)10-19(11-18)26-14-17-6-2-4-8-21(17)23;1-15-5-4-8-23-21(15)14-26-19-10-16(12-24)9-18(11-19)25-13-17-6-2-3-7-20(17)22;15-14-4-2-1-3-11(14)9-18-13-6-10(8-16)5-12(17)7-13;8-5-6-3-1-2-4-7(6)9;8-4-5-1-6(9)3-7(10)2-5;6-3-1-4(7)5(8)9-2-3;1-4(2,3)5;/h2-13H,14-15H2,1H3,(H,30,31,32);1-12H,13-14H2;2-12H,13-14H2,1H3;1-8,17H,9H2;1-4H,5H2;1-4,9-10H;1-2H,7H2,(H2,8,9);1-3H3;/q;;;;;;;-1;+1. The van der Waals surface area contributed by atoms with Gasteiger partial charge < -0.3 is 70.0 Å². The number of fused-ring (bicyclic) bond motifs is 1. The molecular weight excluding hydrogens is 2010 g/mol. The minimum Gasteiger partial charge on any atom is -0.850 e. The van der Waals surface area contributed by atoms with Gasteiger partial charge in [0.2, 0.25) is 0 Å². The topological polar surface area (TPSA) is 349 Å². The Morgan fingerprint density at radius 2 is 0.667 bits per heavy atom. The van der Waals surface area contributed by atoms with E-state index in [1.165, 1.54) is 78.9 Å². The minimum atomic E-state index is -0.750. The molecule has 0 saturated carbocycles. The summed E-state index contributed by atoms with van der Waals surface area (Å²) >= 11 is 9.80. The molecule has 0 fully saturated rings. The van der Waals surface area contributed by atoms with Gasteiger partial charge >= 0.3 is 51.4 Å². The van der Waals surface area contributed by atoms with E-state index in [0.29, 0.717) is 144 Å². The molecule has 5 heterocycles. The summed E-state index contributed by atoms with van der Waals surface area (Å²) in [4.78, 5) is 67.7. The molecule has 0 aliphatic rings. The van der Waals surface area contributed by atoms with Crippen LogP contribution in [0.25, 0.3) is 22.6 Å². The second-order valence-corrected chi connectivity index (χ2v) is 32.7. The van der Waals surface area contributed by atoms with Crippen molar-refractivity contribution in [2.45, 2.75) is 91.8 Å². The molecular formula is C105H92Br3F6KN8O15. The summed E-state index contributed by atoms with van der Waals surface area (Å²) in [5.41, 5.74) is 20.5. The number of halogens is 9. The Bertz CT molecular complexity index is 6310. The number of nitrogens with one attached hydrogen (secondary N) is 1. The molecule has 0 aliphatic carbocycles. The van der Waals surface area contributed by atoms with Crippen molar-refractivity contribution in [3.05, 3.63) is 420 Å². The van der Waals surface area contributed by atoms with Crippen LogP contribution in [0, 0.1) is 48.8 Å². The van der Waals surface area contributed by atoms with E-state index in [4.69, 9.17) is 54.8 Å². The van der Waals surface area contributed by atoms with Crippen LogP contribution in [0.15, 0.2) is 307 Å². The van der Waals surface area contributed by atoms with Gasteiger partial charge in [0.05, 0.1) is 22.6 Å². The number of aromatic amines is 1. The van der Waals surface area contributed by atoms with Crippen LogP contribution >= 0.6 is 47.8 Å². The maximum atomic E-state index is 14.1. The molecule has 8 N–H and O–H groups in total. The van der Waals surface area contributed by atoms with Crippen LogP contribution in [0.1, 0.15) is 118 Å². The Morgan fingerprint density at radius 3 is 0.978 bits per heavy atom. The van der Waals surface area contributed by atoms with Crippen molar-refractivity contribution in [2.75, 3.05) is 11.5 Å². The molecule has 0 unspecified atom stereocenters. The number of aromatic nitrogens is 6. The molecule has 706 valence electrons. The monoisotopic (exact) mass is 2090 g/mol. The fraction of sp³-hybridized carbons (Fsp3) is 0.133. The first-order chi connectivity index (χ1) is 65.8. The van der Waals surface area contributed by atoms with E-state index in [9.17, 15) is 55.7 Å². The van der Waals surface area contributed by atoms with E-state index in [-0.39, 0.29) is 149 Å². The van der Waals surface area contributed by atoms with Crippen LogP contribution in [0.2, 0.25) is 0 Å². The summed E-state index contributed by atoms with van der Waals surface area (Å²) in [5.74, 6) is 1.92. The number of alkyl halides is 1. The Morgan fingerprint density at radius 1 is 0.377 bits per heavy atom. The van der Waals surface area contributed by atoms with E-state index in [0.717, 1.165) is 54.9 Å². The van der Waals surface area contributed by atoms with Crippen molar-refractivity contribution in [2.24, 2.45) is 0 Å². The Hall–Kier alpha value is -13.6. The van der Waals surface area contributed by atoms with Crippen LogP contribution in [0.3, 0.4) is 0 Å². The van der Waals surface area contributed by atoms with Gasteiger partial charge in [0.15, 0.2) is 5.65 Å². The summed E-state index contributed by atoms with van der Waals surface area (Å²) < 4.78 is 123. The number of hydrogen-bond acceptors (Lipinski definition) is 22. The smallest absolute Gasteiger partial charge is 0.850 e. The third-order valence-corrected chi connectivity index (χ3v) is 19.9. The van der Waals surface area contributed by atoms with Gasteiger partial charge in [-0.25, -0.2) is 41.3 Å². The molecule has 0 amide bonds. The van der Waals surface area contributed by atoms with Crippen LogP contribution < -0.4 is 101 Å². The van der Waals surface area contributed by atoms with E-state index in [1.807, 2.05) is 62.4 Å². The van der Waals surface area contributed by atoms with Gasteiger partial charge in [-0.05, 0) is 184 Å². The van der Waals surface area contributed by atoms with Crippen molar-refractivity contribution in [3.8, 4) is 68.9 Å². The van der Waals surface area contributed by atoms with Crippen molar-refractivity contribution in [3.63, 3.8) is 0 Å². The first-order valence-corrected chi connectivity index (χ1v) is 44.2. The number of nitrogen functional groups attached to an aromatic ring is 2. The molecule has 23 nitrogen and oxygen atoms in total. The number of rotatable bonds is 27. The number of carbonyl (C=O) groups excluding carboxylic acids is 4. The number of imidazole rings is 1. The van der Waals surface area contributed by atoms with E-state index in [1.54, 1.807) is 185 Å². The molecule has 0 aliphatic heterocycles. The van der Waals surface area contributed by atoms with Crippen LogP contribution in [0.4, 0.5) is 37.8 Å². The van der Waals surface area contributed by atoms with Gasteiger partial charge in [-0.2, -0.15) is 0 Å². The van der Waals surface area contributed by atoms with Crippen molar-refractivity contribution >= 4 is 95.6 Å². The Labute approximate surface area is 860 Å². The molecule has 33 heteroatoms. The number of benzene rings is 11. The number of nitrogens with zero attached hydrogens (tertiary/aromatic N) is 5. The normalized spacial score (nSPS) is 10.3. The molecule has 5 aromatic heterocycles. The molecule has 138 heavy (non-hydrogen) atoms. The van der Waals surface area contributed by atoms with E-state index < -0.39 is 5.60 Å². The summed E-state index contributed by atoms with van der Waals surface area (Å²) in [7, 11) is 0. The molecule has 16 rings (SSSR count). The summed E-state index contributed by atoms with van der Waals surface area (Å²) in [6, 6.07) is 72.7. The second-order valence-electron chi connectivity index (χ2n) is 30.3. The summed E-state index contributed by atoms with van der Waals surface area (Å²) in [6.07, 6.45) is 9.28. The molecule has 0 spiro atoms. The van der Waals surface area contributed by atoms with Gasteiger partial charge in [-0.1, -0.05) is 158 Å². The number of anilines is 2. The zero-order valence-electron chi connectivity index (χ0n) is 75.3. The number of carbonyl (C=O) groups is 4. The number of pyridine rings is 4. The summed E-state index contributed by atoms with van der Waals surface area (Å²) in [6.45, 7) is 9.64. The largest absolute Gasteiger partial charge is 1.00 e. The van der Waals surface area contributed by atoms with Crippen LogP contribution in [-0.2, 0) is 51.6 Å². The fourth-order valence-corrected chi connectivity index (χ4v) is 12.7. The predicted molar refractivity (Wildman–Crippen MR) is 519 cm³/mol. The summed E-state index contributed by atoms with van der Waals surface area (Å²) in [5, 5.41) is 37.7. The minimum absolute atomic E-state index is 0. The Balaban J connectivity index is 0.000000205. The quantitative estimate of drug-likeness (QED) is 0.0120. The number of nitrogens with two attached hydrogens (primary N) is 2. The van der Waals surface area contributed by atoms with Crippen molar-refractivity contribution < 1.29 is 150 Å². The number of aromatic hydroxyl groups is 3. The zero-order valence-corrected chi connectivity index (χ0v) is 83.2. The number of phenolic OH excluding ortho intramolecular Hbond substituents is 3. The zero-order chi connectivity index (χ0) is 98.8. The van der Waals surface area contributed by atoms with Crippen LogP contribution in [0.5, 0.6) is 57.5 Å². The second kappa shape index (κ2) is 56.8. The Kier molecular flexibility index (Phi) is 45.1. The molecule has 0 atom stereocenters. The van der Waals surface area contributed by atoms with Gasteiger partial charge in [0, 0.05) is 125 Å². The number of hydrogen-bond donors (Lipinski definition) is 6. The molecule has 0 saturated heterocycles. The van der Waals surface area contributed by atoms with Gasteiger partial charge in [-0.3, -0.25) is 29.1 Å². The number of aldehydes is 4. The molecule has 11 aromatic carbocycles. The molecule has 0 bridgehead atoms. The van der Waals surface area contributed by atoms with Crippen molar-refractivity contribution in [1.29, 1.82) is 0 Å². The van der Waals surface area contributed by atoms with E-state index in [2.05, 4.69) is 77.7 Å².